The first-order chi connectivity index (χ1) is 11.3. The molecule has 2 aliphatic heterocycles. The lowest BCUT2D eigenvalue weighted by atomic mass is 9.60. The quantitative estimate of drug-likeness (QED) is 0.641. The molecule has 1 saturated carbocycles. The monoisotopic (exact) mass is 326 g/mol. The van der Waals surface area contributed by atoms with Gasteiger partial charge in [-0.15, -0.1) is 0 Å². The molecule has 0 saturated heterocycles. The van der Waals surface area contributed by atoms with Gasteiger partial charge in [0.05, 0.1) is 0 Å². The van der Waals surface area contributed by atoms with Gasteiger partial charge in [-0.25, -0.2) is 0 Å². The molecule has 4 atom stereocenters. The topological polar surface area (TPSA) is 18.5 Å². The molecule has 2 heterocycles. The van der Waals surface area contributed by atoms with Crippen LogP contribution in [-0.2, 0) is 0 Å². The minimum Gasteiger partial charge on any atom is -0.487 e. The van der Waals surface area contributed by atoms with E-state index in [1.54, 1.807) is 0 Å². The van der Waals surface area contributed by atoms with Crippen LogP contribution < -0.4 is 9.47 Å². The van der Waals surface area contributed by atoms with Crippen LogP contribution in [0.5, 0.6) is 11.5 Å². The van der Waals surface area contributed by atoms with Crippen molar-refractivity contribution < 1.29 is 9.47 Å². The van der Waals surface area contributed by atoms with Crippen LogP contribution in [0.15, 0.2) is 23.8 Å². The maximum atomic E-state index is 6.68. The molecule has 4 rings (SSSR count). The number of aryl methyl sites for hydroxylation is 1. The molecule has 130 valence electrons. The summed E-state index contributed by atoms with van der Waals surface area (Å²) in [5.74, 6) is 3.36. The third-order valence-electron chi connectivity index (χ3n) is 6.42. The van der Waals surface area contributed by atoms with E-state index in [4.69, 9.17) is 9.47 Å². The van der Waals surface area contributed by atoms with E-state index in [0.29, 0.717) is 11.8 Å². The van der Waals surface area contributed by atoms with E-state index < -0.39 is 0 Å². The van der Waals surface area contributed by atoms with E-state index in [2.05, 4.69) is 52.8 Å². The highest BCUT2D eigenvalue weighted by Crippen LogP contribution is 2.61. The zero-order valence-electron chi connectivity index (χ0n) is 15.7. The molecular weight excluding hydrogens is 296 g/mol. The molecule has 0 N–H and O–H groups in total. The lowest BCUT2D eigenvalue weighted by Gasteiger charge is -2.56. The maximum Gasteiger partial charge on any atom is 0.127 e. The van der Waals surface area contributed by atoms with Crippen molar-refractivity contribution in [3.05, 3.63) is 34.9 Å². The molecular formula is C22H30O2. The smallest absolute Gasteiger partial charge is 0.127 e. The predicted molar refractivity (Wildman–Crippen MR) is 98.0 cm³/mol. The summed E-state index contributed by atoms with van der Waals surface area (Å²) in [5.41, 5.74) is 3.93. The largest absolute Gasteiger partial charge is 0.487 e. The van der Waals surface area contributed by atoms with Crippen LogP contribution in [-0.4, -0.2) is 11.2 Å². The summed E-state index contributed by atoms with van der Waals surface area (Å²) in [5, 5.41) is 0. The Hall–Kier alpha value is -1.44. The van der Waals surface area contributed by atoms with E-state index in [0.717, 1.165) is 37.2 Å². The van der Waals surface area contributed by atoms with Gasteiger partial charge in [-0.1, -0.05) is 11.6 Å². The van der Waals surface area contributed by atoms with Gasteiger partial charge in [-0.2, -0.15) is 0 Å². The van der Waals surface area contributed by atoms with Crippen molar-refractivity contribution in [1.82, 2.24) is 0 Å². The van der Waals surface area contributed by atoms with Crippen molar-refractivity contribution in [2.75, 3.05) is 0 Å². The second-order valence-corrected chi connectivity index (χ2v) is 8.92. The van der Waals surface area contributed by atoms with E-state index in [1.165, 1.54) is 23.1 Å². The van der Waals surface area contributed by atoms with E-state index in [1.807, 2.05) is 0 Å². The first kappa shape index (κ1) is 16.1. The van der Waals surface area contributed by atoms with Crippen molar-refractivity contribution in [3.63, 3.8) is 0 Å². The van der Waals surface area contributed by atoms with Gasteiger partial charge >= 0.3 is 0 Å². The minimum atomic E-state index is -0.0622. The molecule has 2 bridgehead atoms. The second kappa shape index (κ2) is 5.28. The fourth-order valence-electron chi connectivity index (χ4n) is 5.24. The number of benzene rings is 1. The van der Waals surface area contributed by atoms with Gasteiger partial charge in [0.1, 0.15) is 22.7 Å². The van der Waals surface area contributed by atoms with Crippen molar-refractivity contribution in [1.29, 1.82) is 0 Å². The van der Waals surface area contributed by atoms with Gasteiger partial charge in [-0.3, -0.25) is 0 Å². The number of allylic oxidation sites excluding steroid dienone is 2. The van der Waals surface area contributed by atoms with Crippen molar-refractivity contribution >= 4 is 0 Å². The number of ether oxygens (including phenoxy) is 2. The standard InChI is InChI=1S/C22H30O2/c1-14(2)7-6-9-22(5)17-8-10-21(4)13-16(17)20-18(23-21)11-15(3)12-19(20)24-22/h7,11-12,16-17H,6,8-10,13H2,1-5H3/t16-,17+,21-,22-/m1/s1. The molecule has 24 heavy (non-hydrogen) atoms. The molecule has 1 fully saturated rings. The summed E-state index contributed by atoms with van der Waals surface area (Å²) in [4.78, 5) is 0. The average molecular weight is 326 g/mol. The van der Waals surface area contributed by atoms with E-state index >= 15 is 0 Å². The highest BCUT2D eigenvalue weighted by molar-refractivity contribution is 5.54. The van der Waals surface area contributed by atoms with Gasteiger partial charge in [-0.05, 0) is 84.4 Å². The number of rotatable bonds is 3. The zero-order chi connectivity index (χ0) is 17.1. The van der Waals surface area contributed by atoms with Gasteiger partial charge in [0.25, 0.3) is 0 Å². The maximum absolute atomic E-state index is 6.68. The average Bonchev–Trinajstić information content (AvgIpc) is 2.44. The van der Waals surface area contributed by atoms with E-state index in [-0.39, 0.29) is 11.2 Å². The molecule has 1 aliphatic carbocycles. The molecule has 2 nitrogen and oxygen atoms in total. The van der Waals surface area contributed by atoms with Crippen LogP contribution in [0.25, 0.3) is 0 Å². The molecule has 0 aromatic heterocycles. The third-order valence-corrected chi connectivity index (χ3v) is 6.42. The van der Waals surface area contributed by atoms with Crippen molar-refractivity contribution in [2.24, 2.45) is 5.92 Å². The van der Waals surface area contributed by atoms with Gasteiger partial charge < -0.3 is 9.47 Å². The molecule has 0 spiro atoms. The third kappa shape index (κ3) is 2.46. The Balaban J connectivity index is 1.76. The molecule has 2 heteroatoms. The van der Waals surface area contributed by atoms with Crippen LogP contribution in [0.1, 0.15) is 76.8 Å². The Morgan fingerprint density at radius 1 is 1.21 bits per heavy atom. The first-order valence-corrected chi connectivity index (χ1v) is 9.46. The minimum absolute atomic E-state index is 0.0113. The predicted octanol–water partition coefficient (Wildman–Crippen LogP) is 5.93. The molecule has 3 aliphatic rings. The van der Waals surface area contributed by atoms with Crippen molar-refractivity contribution in [3.8, 4) is 11.5 Å². The zero-order valence-corrected chi connectivity index (χ0v) is 15.7. The van der Waals surface area contributed by atoms with Crippen molar-refractivity contribution in [2.45, 2.75) is 83.8 Å². The van der Waals surface area contributed by atoms with Gasteiger partial charge in [0.15, 0.2) is 0 Å². The fourth-order valence-corrected chi connectivity index (χ4v) is 5.24. The SMILES string of the molecule is CC(C)=CCC[C@@]1(C)Oc2cc(C)cc3c2[C@@H]2C[C@@](C)(CC[C@@H]21)O3. The van der Waals surface area contributed by atoms with E-state index in [9.17, 15) is 0 Å². The summed E-state index contributed by atoms with van der Waals surface area (Å²) in [6.45, 7) is 11.1. The Morgan fingerprint density at radius 3 is 2.62 bits per heavy atom. The highest BCUT2D eigenvalue weighted by atomic mass is 16.5. The molecule has 1 aromatic carbocycles. The lowest BCUT2D eigenvalue weighted by Crippen LogP contribution is -2.55. The summed E-state index contributed by atoms with van der Waals surface area (Å²) in [7, 11) is 0. The highest BCUT2D eigenvalue weighted by Gasteiger charge is 2.55. The van der Waals surface area contributed by atoms with Crippen LogP contribution in [0.2, 0.25) is 0 Å². The Labute approximate surface area is 146 Å². The van der Waals surface area contributed by atoms with Crippen LogP contribution >= 0.6 is 0 Å². The lowest BCUT2D eigenvalue weighted by molar-refractivity contribution is -0.0836. The normalized spacial score (nSPS) is 35.7. The summed E-state index contributed by atoms with van der Waals surface area (Å²) in [6, 6.07) is 4.43. The first-order valence-electron chi connectivity index (χ1n) is 9.46. The summed E-state index contributed by atoms with van der Waals surface area (Å²) >= 11 is 0. The fraction of sp³-hybridized carbons (Fsp3) is 0.636. The Bertz CT molecular complexity index is 700. The number of hydrogen-bond donors (Lipinski definition) is 0. The molecule has 0 amide bonds. The summed E-state index contributed by atoms with van der Waals surface area (Å²) in [6.07, 6.45) is 8.03. The second-order valence-electron chi connectivity index (χ2n) is 8.92. The molecule has 0 unspecified atom stereocenters. The Morgan fingerprint density at radius 2 is 1.92 bits per heavy atom. The van der Waals surface area contributed by atoms with Crippen LogP contribution in [0, 0.1) is 12.8 Å². The molecule has 1 aromatic rings. The van der Waals surface area contributed by atoms with Crippen LogP contribution in [0.3, 0.4) is 0 Å². The number of fused-ring (bicyclic) bond motifs is 1. The molecule has 0 radical (unpaired) electrons. The van der Waals surface area contributed by atoms with Gasteiger partial charge in [0, 0.05) is 17.4 Å². The van der Waals surface area contributed by atoms with Gasteiger partial charge in [0.2, 0.25) is 0 Å². The Kier molecular flexibility index (Phi) is 3.53. The number of hydrogen-bond acceptors (Lipinski definition) is 2. The van der Waals surface area contributed by atoms with Crippen LogP contribution in [0.4, 0.5) is 0 Å². The summed E-state index contributed by atoms with van der Waals surface area (Å²) < 4.78 is 13.1.